The van der Waals surface area contributed by atoms with Crippen LogP contribution in [0.1, 0.15) is 24.0 Å². The molecule has 16 heavy (non-hydrogen) atoms. The molecule has 1 heterocycles. The molecule has 1 nitrogen and oxygen atoms in total. The van der Waals surface area contributed by atoms with Crippen molar-refractivity contribution in [3.63, 3.8) is 0 Å². The van der Waals surface area contributed by atoms with E-state index in [1.54, 1.807) is 6.92 Å². The molecular weight excluding hydrogens is 225 g/mol. The summed E-state index contributed by atoms with van der Waals surface area (Å²) in [6, 6.07) is 3.78. The topological polar surface area (TPSA) is 12.0 Å². The molecule has 1 aromatic carbocycles. The average molecular weight is 242 g/mol. The molecule has 1 fully saturated rings. The molecule has 0 aliphatic carbocycles. The third kappa shape index (κ3) is 2.55. The van der Waals surface area contributed by atoms with E-state index in [9.17, 15) is 4.39 Å². The van der Waals surface area contributed by atoms with Crippen molar-refractivity contribution >= 4 is 11.6 Å². The van der Waals surface area contributed by atoms with Gasteiger partial charge in [-0.05, 0) is 56.3 Å². The molecule has 0 spiro atoms. The Kier molecular flexibility index (Phi) is 3.82. The van der Waals surface area contributed by atoms with Crippen LogP contribution < -0.4 is 5.32 Å². The fraction of sp³-hybridized carbons (Fsp3) is 0.538. The lowest BCUT2D eigenvalue weighted by molar-refractivity contribution is 0.372. The summed E-state index contributed by atoms with van der Waals surface area (Å²) >= 11 is 6.03. The van der Waals surface area contributed by atoms with Crippen molar-refractivity contribution < 1.29 is 4.39 Å². The van der Waals surface area contributed by atoms with Gasteiger partial charge in [0.1, 0.15) is 5.82 Å². The van der Waals surface area contributed by atoms with Crippen molar-refractivity contribution in [2.75, 3.05) is 13.1 Å². The lowest BCUT2D eigenvalue weighted by atomic mass is 9.90. The SMILES string of the molecule is Cc1ccc(CC2CCNCC2)c(Cl)c1F. The van der Waals surface area contributed by atoms with Crippen LogP contribution in [0, 0.1) is 18.7 Å². The maximum atomic E-state index is 13.6. The third-order valence-electron chi connectivity index (χ3n) is 3.32. The van der Waals surface area contributed by atoms with E-state index in [-0.39, 0.29) is 5.82 Å². The smallest absolute Gasteiger partial charge is 0.144 e. The summed E-state index contributed by atoms with van der Waals surface area (Å²) in [6.45, 7) is 3.88. The molecule has 1 N–H and O–H groups in total. The first-order valence-corrected chi connectivity index (χ1v) is 6.20. The average Bonchev–Trinajstić information content (AvgIpc) is 2.31. The number of halogens is 2. The minimum Gasteiger partial charge on any atom is -0.317 e. The lowest BCUT2D eigenvalue weighted by Gasteiger charge is -2.23. The fourth-order valence-corrected chi connectivity index (χ4v) is 2.53. The van der Waals surface area contributed by atoms with Gasteiger partial charge in [0.05, 0.1) is 5.02 Å². The van der Waals surface area contributed by atoms with E-state index < -0.39 is 0 Å². The molecule has 88 valence electrons. The second kappa shape index (κ2) is 5.15. The zero-order valence-electron chi connectivity index (χ0n) is 9.52. The van der Waals surface area contributed by atoms with Gasteiger partial charge in [0.2, 0.25) is 0 Å². The van der Waals surface area contributed by atoms with Gasteiger partial charge in [0.25, 0.3) is 0 Å². The van der Waals surface area contributed by atoms with Crippen LogP contribution >= 0.6 is 11.6 Å². The van der Waals surface area contributed by atoms with E-state index in [1.165, 1.54) is 0 Å². The fourth-order valence-electron chi connectivity index (χ4n) is 2.24. The highest BCUT2D eigenvalue weighted by Crippen LogP contribution is 2.27. The second-order valence-electron chi connectivity index (χ2n) is 4.57. The summed E-state index contributed by atoms with van der Waals surface area (Å²) in [4.78, 5) is 0. The van der Waals surface area contributed by atoms with E-state index in [0.717, 1.165) is 37.9 Å². The Labute approximate surface area is 101 Å². The summed E-state index contributed by atoms with van der Waals surface area (Å²) in [5, 5.41) is 3.65. The zero-order valence-corrected chi connectivity index (χ0v) is 10.3. The predicted molar refractivity (Wildman–Crippen MR) is 65.4 cm³/mol. The standard InChI is InChI=1S/C13H17ClFN/c1-9-2-3-11(12(14)13(9)15)8-10-4-6-16-7-5-10/h2-3,10,16H,4-8H2,1H3. The summed E-state index contributed by atoms with van der Waals surface area (Å²) in [7, 11) is 0. The zero-order chi connectivity index (χ0) is 11.5. The molecular formula is C13H17ClFN. The van der Waals surface area contributed by atoms with Crippen LogP contribution in [0.25, 0.3) is 0 Å². The Morgan fingerprint density at radius 2 is 2.06 bits per heavy atom. The summed E-state index contributed by atoms with van der Waals surface area (Å²) in [6.07, 6.45) is 3.22. The van der Waals surface area contributed by atoms with Gasteiger partial charge < -0.3 is 5.32 Å². The number of hydrogen-bond acceptors (Lipinski definition) is 1. The minimum atomic E-state index is -0.256. The molecule has 2 rings (SSSR count). The third-order valence-corrected chi connectivity index (χ3v) is 3.73. The Hall–Kier alpha value is -0.600. The van der Waals surface area contributed by atoms with Crippen molar-refractivity contribution in [2.24, 2.45) is 5.92 Å². The first-order valence-electron chi connectivity index (χ1n) is 5.82. The van der Waals surface area contributed by atoms with Gasteiger partial charge in [-0.1, -0.05) is 23.7 Å². The number of benzene rings is 1. The summed E-state index contributed by atoms with van der Waals surface area (Å²) < 4.78 is 13.6. The Bertz CT molecular complexity index is 372. The molecule has 0 radical (unpaired) electrons. The normalized spacial score (nSPS) is 17.7. The maximum absolute atomic E-state index is 13.6. The van der Waals surface area contributed by atoms with Gasteiger partial charge in [-0.3, -0.25) is 0 Å². The largest absolute Gasteiger partial charge is 0.317 e. The first-order chi connectivity index (χ1) is 7.68. The van der Waals surface area contributed by atoms with E-state index in [2.05, 4.69) is 5.32 Å². The number of nitrogens with one attached hydrogen (secondary N) is 1. The van der Waals surface area contributed by atoms with Crippen molar-refractivity contribution in [1.29, 1.82) is 0 Å². The number of hydrogen-bond donors (Lipinski definition) is 1. The molecule has 1 aliphatic heterocycles. The predicted octanol–water partition coefficient (Wildman–Crippen LogP) is 3.33. The quantitative estimate of drug-likeness (QED) is 0.838. The van der Waals surface area contributed by atoms with Crippen LogP contribution in [0.2, 0.25) is 5.02 Å². The highest BCUT2D eigenvalue weighted by molar-refractivity contribution is 6.31. The van der Waals surface area contributed by atoms with Gasteiger partial charge in [-0.2, -0.15) is 0 Å². The Morgan fingerprint density at radius 3 is 2.75 bits per heavy atom. The van der Waals surface area contributed by atoms with Crippen LogP contribution in [-0.4, -0.2) is 13.1 Å². The number of aryl methyl sites for hydroxylation is 1. The first kappa shape index (κ1) is 11.9. The van der Waals surface area contributed by atoms with Gasteiger partial charge in [0, 0.05) is 0 Å². The van der Waals surface area contributed by atoms with Crippen LogP contribution in [-0.2, 0) is 6.42 Å². The lowest BCUT2D eigenvalue weighted by Crippen LogP contribution is -2.28. The van der Waals surface area contributed by atoms with Crippen molar-refractivity contribution in [3.05, 3.63) is 34.1 Å². The van der Waals surface area contributed by atoms with Crippen molar-refractivity contribution in [2.45, 2.75) is 26.2 Å². The monoisotopic (exact) mass is 241 g/mol. The molecule has 0 amide bonds. The van der Waals surface area contributed by atoms with Gasteiger partial charge in [-0.15, -0.1) is 0 Å². The van der Waals surface area contributed by atoms with E-state index in [4.69, 9.17) is 11.6 Å². The van der Waals surface area contributed by atoms with Gasteiger partial charge >= 0.3 is 0 Å². The van der Waals surface area contributed by atoms with E-state index in [0.29, 0.717) is 16.5 Å². The molecule has 1 aliphatic rings. The highest BCUT2D eigenvalue weighted by atomic mass is 35.5. The van der Waals surface area contributed by atoms with Gasteiger partial charge in [0.15, 0.2) is 0 Å². The van der Waals surface area contributed by atoms with Crippen LogP contribution in [0.15, 0.2) is 12.1 Å². The van der Waals surface area contributed by atoms with E-state index in [1.807, 2.05) is 12.1 Å². The molecule has 1 aromatic rings. The van der Waals surface area contributed by atoms with E-state index >= 15 is 0 Å². The Morgan fingerprint density at radius 1 is 1.38 bits per heavy atom. The van der Waals surface area contributed by atoms with Crippen molar-refractivity contribution in [3.8, 4) is 0 Å². The van der Waals surface area contributed by atoms with Crippen LogP contribution in [0.5, 0.6) is 0 Å². The van der Waals surface area contributed by atoms with Crippen LogP contribution in [0.4, 0.5) is 4.39 Å². The summed E-state index contributed by atoms with van der Waals surface area (Å²) in [5.74, 6) is 0.383. The molecule has 3 heteroatoms. The maximum Gasteiger partial charge on any atom is 0.144 e. The minimum absolute atomic E-state index is 0.256. The van der Waals surface area contributed by atoms with Crippen molar-refractivity contribution in [1.82, 2.24) is 5.32 Å². The summed E-state index contributed by atoms with van der Waals surface area (Å²) in [5.41, 5.74) is 1.58. The highest BCUT2D eigenvalue weighted by Gasteiger charge is 2.16. The second-order valence-corrected chi connectivity index (χ2v) is 4.95. The number of piperidine rings is 1. The molecule has 0 atom stereocenters. The van der Waals surface area contributed by atoms with Gasteiger partial charge in [-0.25, -0.2) is 4.39 Å². The number of rotatable bonds is 2. The molecule has 0 unspecified atom stereocenters. The molecule has 0 aromatic heterocycles. The molecule has 1 saturated heterocycles. The molecule has 0 saturated carbocycles. The molecule has 0 bridgehead atoms. The Balaban J connectivity index is 2.11. The van der Waals surface area contributed by atoms with Crippen LogP contribution in [0.3, 0.4) is 0 Å².